The van der Waals surface area contributed by atoms with Crippen LogP contribution in [0.1, 0.15) is 52.1 Å². The van der Waals surface area contributed by atoms with Gasteiger partial charge in [-0.3, -0.25) is 0 Å². The molecule has 0 bridgehead atoms. The first-order valence-electron chi connectivity index (χ1n) is 8.21. The van der Waals surface area contributed by atoms with Crippen LogP contribution in [0.5, 0.6) is 5.75 Å². The number of rotatable bonds is 10. The van der Waals surface area contributed by atoms with Gasteiger partial charge < -0.3 is 15.0 Å². The van der Waals surface area contributed by atoms with E-state index in [1.54, 1.807) is 0 Å². The highest BCUT2D eigenvalue weighted by Gasteiger charge is 2.06. The molecule has 0 aliphatic carbocycles. The number of hydrogen-bond donors (Lipinski definition) is 1. The monoisotopic (exact) mass is 292 g/mol. The smallest absolute Gasteiger partial charge is 0.119 e. The second-order valence-electron chi connectivity index (χ2n) is 6.02. The van der Waals surface area contributed by atoms with Gasteiger partial charge in [0.15, 0.2) is 0 Å². The maximum atomic E-state index is 5.61. The van der Waals surface area contributed by atoms with Gasteiger partial charge in [0.1, 0.15) is 5.75 Å². The maximum Gasteiger partial charge on any atom is 0.119 e. The van der Waals surface area contributed by atoms with E-state index in [1.165, 1.54) is 12.0 Å². The van der Waals surface area contributed by atoms with Gasteiger partial charge >= 0.3 is 0 Å². The molecule has 1 aromatic carbocycles. The fourth-order valence-electron chi connectivity index (χ4n) is 2.10. The Bertz CT molecular complexity index is 375. The van der Waals surface area contributed by atoms with Crippen LogP contribution in [-0.2, 0) is 0 Å². The standard InChI is InChI=1S/C18H32N2O/c1-6-14-21-18-10-8-17(9-11-18)16(4)19-12-7-13-20(5)15(2)3/h8-11,15-16,19H,6-7,12-14H2,1-5H3. The lowest BCUT2D eigenvalue weighted by atomic mass is 10.1. The Morgan fingerprint density at radius 3 is 2.38 bits per heavy atom. The van der Waals surface area contributed by atoms with Gasteiger partial charge in [-0.2, -0.15) is 0 Å². The van der Waals surface area contributed by atoms with E-state index in [2.05, 4.69) is 69.2 Å². The summed E-state index contributed by atoms with van der Waals surface area (Å²) in [5.41, 5.74) is 1.32. The summed E-state index contributed by atoms with van der Waals surface area (Å²) in [5, 5.41) is 3.59. The molecule has 1 atom stereocenters. The average Bonchev–Trinajstić information content (AvgIpc) is 2.49. The maximum absolute atomic E-state index is 5.61. The van der Waals surface area contributed by atoms with Gasteiger partial charge in [0.05, 0.1) is 6.61 Å². The van der Waals surface area contributed by atoms with Crippen LogP contribution in [0, 0.1) is 0 Å². The highest BCUT2D eigenvalue weighted by molar-refractivity contribution is 5.28. The summed E-state index contributed by atoms with van der Waals surface area (Å²) in [7, 11) is 2.18. The molecule has 1 aromatic rings. The third-order valence-electron chi connectivity index (χ3n) is 3.87. The lowest BCUT2D eigenvalue weighted by Crippen LogP contribution is -2.30. The normalized spacial score (nSPS) is 12.9. The second-order valence-corrected chi connectivity index (χ2v) is 6.02. The average molecular weight is 292 g/mol. The van der Waals surface area contributed by atoms with Gasteiger partial charge in [0, 0.05) is 12.1 Å². The minimum Gasteiger partial charge on any atom is -0.494 e. The largest absolute Gasteiger partial charge is 0.494 e. The molecular weight excluding hydrogens is 260 g/mol. The molecule has 1 N–H and O–H groups in total. The number of ether oxygens (including phenoxy) is 1. The molecule has 1 rings (SSSR count). The number of nitrogens with one attached hydrogen (secondary N) is 1. The van der Waals surface area contributed by atoms with E-state index in [9.17, 15) is 0 Å². The van der Waals surface area contributed by atoms with Gasteiger partial charge in [0.2, 0.25) is 0 Å². The molecule has 0 heterocycles. The predicted molar refractivity (Wildman–Crippen MR) is 91.0 cm³/mol. The molecule has 120 valence electrons. The summed E-state index contributed by atoms with van der Waals surface area (Å²) >= 11 is 0. The molecule has 0 saturated heterocycles. The summed E-state index contributed by atoms with van der Waals surface area (Å²) in [6.45, 7) is 11.8. The van der Waals surface area contributed by atoms with Gasteiger partial charge in [-0.1, -0.05) is 19.1 Å². The van der Waals surface area contributed by atoms with E-state index < -0.39 is 0 Å². The van der Waals surface area contributed by atoms with E-state index in [0.717, 1.165) is 31.9 Å². The summed E-state index contributed by atoms with van der Waals surface area (Å²) < 4.78 is 5.61. The number of nitrogens with zero attached hydrogens (tertiary/aromatic N) is 1. The molecular formula is C18H32N2O. The fourth-order valence-corrected chi connectivity index (χ4v) is 2.10. The van der Waals surface area contributed by atoms with Crippen LogP contribution in [-0.4, -0.2) is 37.7 Å². The van der Waals surface area contributed by atoms with Crippen molar-refractivity contribution in [1.82, 2.24) is 10.2 Å². The Balaban J connectivity index is 2.30. The SMILES string of the molecule is CCCOc1ccc(C(C)NCCCN(C)C(C)C)cc1. The van der Waals surface area contributed by atoms with Gasteiger partial charge in [-0.05, 0) is 71.4 Å². The first-order chi connectivity index (χ1) is 10.0. The van der Waals surface area contributed by atoms with Crippen molar-refractivity contribution in [3.05, 3.63) is 29.8 Å². The highest BCUT2D eigenvalue weighted by atomic mass is 16.5. The van der Waals surface area contributed by atoms with Crippen LogP contribution in [0.4, 0.5) is 0 Å². The minimum absolute atomic E-state index is 0.384. The van der Waals surface area contributed by atoms with Crippen LogP contribution in [0.2, 0.25) is 0 Å². The molecule has 0 saturated carbocycles. The predicted octanol–water partition coefficient (Wildman–Crippen LogP) is 3.86. The molecule has 3 heteroatoms. The van der Waals surface area contributed by atoms with Crippen molar-refractivity contribution in [2.24, 2.45) is 0 Å². The molecule has 0 aliphatic heterocycles. The summed E-state index contributed by atoms with van der Waals surface area (Å²) in [4.78, 5) is 2.38. The molecule has 0 spiro atoms. The van der Waals surface area contributed by atoms with Crippen molar-refractivity contribution in [1.29, 1.82) is 0 Å². The van der Waals surface area contributed by atoms with Crippen molar-refractivity contribution in [3.8, 4) is 5.75 Å². The molecule has 0 radical (unpaired) electrons. The number of benzene rings is 1. The van der Waals surface area contributed by atoms with Gasteiger partial charge in [-0.25, -0.2) is 0 Å². The molecule has 0 fully saturated rings. The molecule has 21 heavy (non-hydrogen) atoms. The Kier molecular flexibility index (Phi) is 8.40. The molecule has 3 nitrogen and oxygen atoms in total. The first-order valence-corrected chi connectivity index (χ1v) is 8.21. The number of hydrogen-bond acceptors (Lipinski definition) is 3. The summed E-state index contributed by atoms with van der Waals surface area (Å²) in [6.07, 6.45) is 2.22. The van der Waals surface area contributed by atoms with Crippen LogP contribution in [0.25, 0.3) is 0 Å². The van der Waals surface area contributed by atoms with E-state index in [1.807, 2.05) is 0 Å². The molecule has 1 unspecified atom stereocenters. The third kappa shape index (κ3) is 6.96. The van der Waals surface area contributed by atoms with Crippen LogP contribution < -0.4 is 10.1 Å². The van der Waals surface area contributed by atoms with Crippen LogP contribution in [0.3, 0.4) is 0 Å². The van der Waals surface area contributed by atoms with Gasteiger partial charge in [0.25, 0.3) is 0 Å². The van der Waals surface area contributed by atoms with E-state index >= 15 is 0 Å². The quantitative estimate of drug-likeness (QED) is 0.663. The lowest BCUT2D eigenvalue weighted by Gasteiger charge is -2.21. The first kappa shape index (κ1) is 18.0. The zero-order valence-electron chi connectivity index (χ0n) is 14.4. The van der Waals surface area contributed by atoms with Crippen molar-refractivity contribution in [2.75, 3.05) is 26.7 Å². The zero-order valence-corrected chi connectivity index (χ0v) is 14.4. The van der Waals surface area contributed by atoms with Crippen molar-refractivity contribution < 1.29 is 4.74 Å². The Labute approximate surface area is 130 Å². The highest BCUT2D eigenvalue weighted by Crippen LogP contribution is 2.17. The summed E-state index contributed by atoms with van der Waals surface area (Å²) in [5.74, 6) is 0.964. The zero-order chi connectivity index (χ0) is 15.7. The Morgan fingerprint density at radius 2 is 1.81 bits per heavy atom. The fraction of sp³-hybridized carbons (Fsp3) is 0.667. The second kappa shape index (κ2) is 9.80. The van der Waals surface area contributed by atoms with Crippen molar-refractivity contribution in [2.45, 2.75) is 52.6 Å². The van der Waals surface area contributed by atoms with Crippen molar-refractivity contribution >= 4 is 0 Å². The molecule has 0 aliphatic rings. The van der Waals surface area contributed by atoms with Crippen LogP contribution in [0.15, 0.2) is 24.3 Å². The van der Waals surface area contributed by atoms with E-state index in [-0.39, 0.29) is 0 Å². The topological polar surface area (TPSA) is 24.5 Å². The third-order valence-corrected chi connectivity index (χ3v) is 3.87. The minimum atomic E-state index is 0.384. The lowest BCUT2D eigenvalue weighted by molar-refractivity contribution is 0.268. The Morgan fingerprint density at radius 1 is 1.14 bits per heavy atom. The van der Waals surface area contributed by atoms with Crippen LogP contribution >= 0.6 is 0 Å². The molecule has 0 amide bonds. The Hall–Kier alpha value is -1.06. The molecule has 0 aromatic heterocycles. The van der Waals surface area contributed by atoms with E-state index in [4.69, 9.17) is 4.74 Å². The summed E-state index contributed by atoms with van der Waals surface area (Å²) in [6, 6.07) is 9.45. The van der Waals surface area contributed by atoms with Gasteiger partial charge in [-0.15, -0.1) is 0 Å². The van der Waals surface area contributed by atoms with E-state index in [0.29, 0.717) is 12.1 Å². The van der Waals surface area contributed by atoms with Crippen molar-refractivity contribution in [3.63, 3.8) is 0 Å².